The number of carboxylic acid groups (broad SMARTS) is 1. The molecule has 11 atom stereocenters. The summed E-state index contributed by atoms with van der Waals surface area (Å²) in [5.74, 6) is 2.25. The Morgan fingerprint density at radius 2 is 1.84 bits per heavy atom. The molecule has 204 valence electrons. The van der Waals surface area contributed by atoms with Crippen LogP contribution in [0, 0.1) is 52.3 Å². The van der Waals surface area contributed by atoms with Gasteiger partial charge < -0.3 is 15.3 Å². The van der Waals surface area contributed by atoms with Crippen LogP contribution in [0.15, 0.2) is 18.6 Å². The van der Waals surface area contributed by atoms with Crippen molar-refractivity contribution in [2.45, 2.75) is 97.7 Å². The second-order valence-corrected chi connectivity index (χ2v) is 13.4. The topological polar surface area (TPSA) is 104 Å². The smallest absolute Gasteiger partial charge is 0.355 e. The third kappa shape index (κ3) is 4.36. The Hall–Kier alpha value is -1.79. The summed E-state index contributed by atoms with van der Waals surface area (Å²) >= 11 is 0. The Kier molecular flexibility index (Phi) is 7.29. The van der Waals surface area contributed by atoms with E-state index in [1.807, 2.05) is 6.08 Å². The van der Waals surface area contributed by atoms with Crippen LogP contribution in [0.2, 0.25) is 0 Å². The lowest BCUT2D eigenvalue weighted by molar-refractivity contribution is -0.203. The van der Waals surface area contributed by atoms with Crippen molar-refractivity contribution in [2.24, 2.45) is 52.3 Å². The number of rotatable bonds is 6. The molecular formula is C31H46N2O4. The van der Waals surface area contributed by atoms with Gasteiger partial charge in [0.05, 0.1) is 12.2 Å². The molecule has 0 aliphatic heterocycles. The molecule has 0 amide bonds. The maximum Gasteiger partial charge on any atom is 0.355 e. The Balaban J connectivity index is 1.34. The zero-order valence-electron chi connectivity index (χ0n) is 23.0. The molecule has 1 aromatic heterocycles. The maximum absolute atomic E-state index is 11.9. The van der Waals surface area contributed by atoms with E-state index in [1.165, 1.54) is 32.0 Å². The van der Waals surface area contributed by atoms with E-state index in [9.17, 15) is 20.1 Å². The number of aromatic nitrogens is 2. The van der Waals surface area contributed by atoms with Crippen LogP contribution in [-0.4, -0.2) is 43.5 Å². The van der Waals surface area contributed by atoms with E-state index in [4.69, 9.17) is 0 Å². The summed E-state index contributed by atoms with van der Waals surface area (Å²) in [5.41, 5.74) is 1.06. The van der Waals surface area contributed by atoms with Gasteiger partial charge in [0.25, 0.3) is 0 Å². The van der Waals surface area contributed by atoms with Gasteiger partial charge in [-0.05, 0) is 104 Å². The first kappa shape index (κ1) is 26.8. The van der Waals surface area contributed by atoms with Gasteiger partial charge in [-0.1, -0.05) is 46.3 Å². The predicted molar refractivity (Wildman–Crippen MR) is 144 cm³/mol. The van der Waals surface area contributed by atoms with Gasteiger partial charge in [-0.2, -0.15) is 0 Å². The van der Waals surface area contributed by atoms with E-state index in [1.54, 1.807) is 6.20 Å². The van der Waals surface area contributed by atoms with Gasteiger partial charge in [0.2, 0.25) is 0 Å². The number of nitrogens with zero attached hydrogens (tertiary/aromatic N) is 2. The normalized spacial score (nSPS) is 44.2. The monoisotopic (exact) mass is 510 g/mol. The molecule has 0 saturated heterocycles. The van der Waals surface area contributed by atoms with Crippen molar-refractivity contribution in [3.05, 3.63) is 29.9 Å². The number of fused-ring (bicyclic) bond motifs is 5. The van der Waals surface area contributed by atoms with Crippen LogP contribution in [0.4, 0.5) is 0 Å². The van der Waals surface area contributed by atoms with Crippen molar-refractivity contribution in [3.8, 4) is 0 Å². The summed E-state index contributed by atoms with van der Waals surface area (Å²) in [6, 6.07) is 0. The van der Waals surface area contributed by atoms with Gasteiger partial charge in [0.15, 0.2) is 5.69 Å². The molecule has 6 heteroatoms. The number of hydrogen-bond acceptors (Lipinski definition) is 5. The first-order valence-corrected chi connectivity index (χ1v) is 14.7. The molecule has 4 unspecified atom stereocenters. The van der Waals surface area contributed by atoms with Crippen molar-refractivity contribution >= 4 is 12.0 Å². The Bertz CT molecular complexity index is 1030. The standard InChI is InChI=1S/C31H46N2O4/c1-5-21-25-15-20(34)11-13-31(25,4)24-12-14-30(3)22(9-10-23(30)26(24)28(21)35)18(2)7-6-8-19-16-32-17-33-27(19)29(36)37/h6,8,16-18,20-26,28,34-35H,5,7,9-15H2,1-4H3,(H,36,37)/b8-6+/t18-,20-,21-,22-,23?,24?,25+,26?,28?,30-,31-/m1/s1. The van der Waals surface area contributed by atoms with Crippen molar-refractivity contribution in [3.63, 3.8) is 0 Å². The Labute approximate surface area is 222 Å². The van der Waals surface area contributed by atoms with Crippen molar-refractivity contribution < 1.29 is 20.1 Å². The number of carboxylic acids is 1. The first-order chi connectivity index (χ1) is 17.6. The van der Waals surface area contributed by atoms with Crippen molar-refractivity contribution in [1.82, 2.24) is 9.97 Å². The highest BCUT2D eigenvalue weighted by atomic mass is 16.4. The van der Waals surface area contributed by atoms with Crippen molar-refractivity contribution in [1.29, 1.82) is 0 Å². The van der Waals surface area contributed by atoms with E-state index >= 15 is 0 Å². The van der Waals surface area contributed by atoms with E-state index in [0.29, 0.717) is 47.0 Å². The molecule has 6 nitrogen and oxygen atoms in total. The molecule has 1 aromatic rings. The van der Waals surface area contributed by atoms with Gasteiger partial charge in [0.1, 0.15) is 6.33 Å². The van der Waals surface area contributed by atoms with Crippen molar-refractivity contribution in [2.75, 3.05) is 0 Å². The second kappa shape index (κ2) is 10.1. The van der Waals surface area contributed by atoms with Crippen LogP contribution in [-0.2, 0) is 0 Å². The SMILES string of the molecule is CC[C@H]1C(O)C2C3CC[C@H]([C@H](C)C/C=C/c4cncnc4C(=O)O)[C@@]3(C)CCC2[C@@]2(C)CC[C@@H](O)C[C@@H]12. The van der Waals surface area contributed by atoms with Gasteiger partial charge in [0, 0.05) is 11.8 Å². The zero-order valence-corrected chi connectivity index (χ0v) is 23.0. The molecule has 5 rings (SSSR count). The zero-order chi connectivity index (χ0) is 26.5. The van der Waals surface area contributed by atoms with E-state index < -0.39 is 5.97 Å². The van der Waals surface area contributed by atoms with Crippen LogP contribution < -0.4 is 0 Å². The fourth-order valence-corrected chi connectivity index (χ4v) is 10.1. The molecule has 4 aliphatic rings. The summed E-state index contributed by atoms with van der Waals surface area (Å²) in [6.45, 7) is 9.58. The molecule has 0 spiro atoms. The molecule has 37 heavy (non-hydrogen) atoms. The number of aromatic carboxylic acids is 1. The summed E-state index contributed by atoms with van der Waals surface area (Å²) in [6.07, 6.45) is 15.9. The number of allylic oxidation sites excluding steroid dienone is 1. The number of hydrogen-bond donors (Lipinski definition) is 3. The summed E-state index contributed by atoms with van der Waals surface area (Å²) in [7, 11) is 0. The number of carbonyl (C=O) groups is 1. The van der Waals surface area contributed by atoms with Crippen LogP contribution >= 0.6 is 0 Å². The maximum atomic E-state index is 11.9. The van der Waals surface area contributed by atoms with E-state index in [-0.39, 0.29) is 28.7 Å². The van der Waals surface area contributed by atoms with E-state index in [0.717, 1.165) is 32.1 Å². The Morgan fingerprint density at radius 1 is 1.11 bits per heavy atom. The third-order valence-corrected chi connectivity index (χ3v) is 11.9. The number of aliphatic hydroxyl groups excluding tert-OH is 2. The minimum absolute atomic E-state index is 0.0453. The summed E-state index contributed by atoms with van der Waals surface area (Å²) in [4.78, 5) is 19.4. The summed E-state index contributed by atoms with van der Waals surface area (Å²) in [5, 5.41) is 31.8. The lowest BCUT2D eigenvalue weighted by Gasteiger charge is -2.64. The van der Waals surface area contributed by atoms with Crippen LogP contribution in [0.3, 0.4) is 0 Å². The van der Waals surface area contributed by atoms with Gasteiger partial charge in [-0.25, -0.2) is 14.8 Å². The average molecular weight is 511 g/mol. The predicted octanol–water partition coefficient (Wildman–Crippen LogP) is 5.84. The minimum atomic E-state index is -1.03. The van der Waals surface area contributed by atoms with Gasteiger partial charge in [-0.3, -0.25) is 0 Å². The molecule has 0 bridgehead atoms. The molecule has 4 aliphatic carbocycles. The number of aliphatic hydroxyl groups is 2. The molecule has 1 heterocycles. The lowest BCUT2D eigenvalue weighted by atomic mass is 9.41. The lowest BCUT2D eigenvalue weighted by Crippen LogP contribution is -2.62. The van der Waals surface area contributed by atoms with E-state index in [2.05, 4.69) is 43.7 Å². The molecule has 4 saturated carbocycles. The highest BCUT2D eigenvalue weighted by Gasteiger charge is 2.64. The molecular weight excluding hydrogens is 464 g/mol. The summed E-state index contributed by atoms with van der Waals surface area (Å²) < 4.78 is 0. The van der Waals surface area contributed by atoms with Gasteiger partial charge in [-0.15, -0.1) is 0 Å². The quantitative estimate of drug-likeness (QED) is 0.444. The second-order valence-electron chi connectivity index (χ2n) is 13.4. The van der Waals surface area contributed by atoms with Crippen LogP contribution in [0.5, 0.6) is 0 Å². The fraction of sp³-hybridized carbons (Fsp3) is 0.774. The molecule has 0 radical (unpaired) electrons. The molecule has 4 fully saturated rings. The Morgan fingerprint density at radius 3 is 2.57 bits per heavy atom. The van der Waals surface area contributed by atoms with Crippen LogP contribution in [0.25, 0.3) is 6.08 Å². The van der Waals surface area contributed by atoms with Gasteiger partial charge >= 0.3 is 5.97 Å². The average Bonchev–Trinajstić information content (AvgIpc) is 3.22. The molecule has 0 aromatic carbocycles. The highest BCUT2D eigenvalue weighted by molar-refractivity contribution is 5.89. The fourth-order valence-electron chi connectivity index (χ4n) is 10.1. The first-order valence-electron chi connectivity index (χ1n) is 14.7. The highest BCUT2D eigenvalue weighted by Crippen LogP contribution is 2.69. The van der Waals surface area contributed by atoms with Crippen LogP contribution in [0.1, 0.15) is 102 Å². The minimum Gasteiger partial charge on any atom is -0.476 e. The third-order valence-electron chi connectivity index (χ3n) is 11.9. The molecule has 3 N–H and O–H groups in total. The largest absolute Gasteiger partial charge is 0.476 e.